The molecule has 0 N–H and O–H groups in total. The fourth-order valence-electron chi connectivity index (χ4n) is 4.29. The quantitative estimate of drug-likeness (QED) is 0.844. The summed E-state index contributed by atoms with van der Waals surface area (Å²) in [6.45, 7) is 2.83. The maximum Gasteiger partial charge on any atom is 0.257 e. The Hall–Kier alpha value is -2.50. The number of likely N-dealkylation sites (tertiary alicyclic amines) is 1. The first-order chi connectivity index (χ1) is 12.3. The number of nitrogens with zero attached hydrogens (tertiary/aromatic N) is 3. The van der Waals surface area contributed by atoms with Crippen molar-refractivity contribution in [3.05, 3.63) is 41.2 Å². The maximum absolute atomic E-state index is 13.2. The van der Waals surface area contributed by atoms with Crippen LogP contribution in [0.1, 0.15) is 46.9 Å². The van der Waals surface area contributed by atoms with Crippen molar-refractivity contribution in [1.82, 2.24) is 14.7 Å². The van der Waals surface area contributed by atoms with Gasteiger partial charge in [-0.1, -0.05) is 12.1 Å². The minimum atomic E-state index is 0.0427. The van der Waals surface area contributed by atoms with Crippen LogP contribution in [0.15, 0.2) is 24.4 Å². The Balaban J connectivity index is 1.49. The molecule has 0 spiro atoms. The molecule has 1 atom stereocenters. The van der Waals surface area contributed by atoms with Gasteiger partial charge in [-0.25, -0.2) is 0 Å². The van der Waals surface area contributed by atoms with Crippen LogP contribution in [0.5, 0.6) is 11.5 Å². The van der Waals surface area contributed by atoms with Crippen molar-refractivity contribution >= 4 is 5.91 Å². The molecule has 0 saturated carbocycles. The second-order valence-corrected chi connectivity index (χ2v) is 6.86. The van der Waals surface area contributed by atoms with Gasteiger partial charge in [-0.3, -0.25) is 9.48 Å². The van der Waals surface area contributed by atoms with E-state index in [4.69, 9.17) is 9.47 Å². The summed E-state index contributed by atoms with van der Waals surface area (Å²) in [7, 11) is 0. The van der Waals surface area contributed by atoms with Crippen LogP contribution in [0, 0.1) is 0 Å². The first-order valence-corrected chi connectivity index (χ1v) is 9.07. The SMILES string of the molecule is O=C(c1cnn2c1CCC2)N1CCCC1c1cccc2c1OCCO2. The zero-order valence-electron chi connectivity index (χ0n) is 14.1. The van der Waals surface area contributed by atoms with Crippen LogP contribution in [0.3, 0.4) is 0 Å². The van der Waals surface area contributed by atoms with Crippen molar-refractivity contribution < 1.29 is 14.3 Å². The summed E-state index contributed by atoms with van der Waals surface area (Å²) < 4.78 is 13.6. The average Bonchev–Trinajstić information content (AvgIpc) is 3.37. The van der Waals surface area contributed by atoms with Gasteiger partial charge in [0.25, 0.3) is 5.91 Å². The maximum atomic E-state index is 13.2. The standard InChI is InChI=1S/C19H21N3O3/c23-19(14-12-20-22-9-3-6-16(14)22)21-8-2-5-15(21)13-4-1-7-17-18(13)25-11-10-24-17/h1,4,7,12,15H,2-3,5-6,8-11H2. The molecule has 2 aromatic rings. The van der Waals surface area contributed by atoms with Gasteiger partial charge in [-0.2, -0.15) is 5.10 Å². The average molecular weight is 339 g/mol. The number of aromatic nitrogens is 2. The summed E-state index contributed by atoms with van der Waals surface area (Å²) in [5, 5.41) is 4.38. The second kappa shape index (κ2) is 5.79. The highest BCUT2D eigenvalue weighted by Crippen LogP contribution is 2.43. The predicted octanol–water partition coefficient (Wildman–Crippen LogP) is 2.58. The molecule has 25 heavy (non-hydrogen) atoms. The van der Waals surface area contributed by atoms with Gasteiger partial charge in [0.15, 0.2) is 11.5 Å². The fourth-order valence-corrected chi connectivity index (χ4v) is 4.29. The lowest BCUT2D eigenvalue weighted by Crippen LogP contribution is -2.31. The molecule has 1 aromatic carbocycles. The van der Waals surface area contributed by atoms with Gasteiger partial charge in [0.1, 0.15) is 13.2 Å². The molecule has 4 heterocycles. The fraction of sp³-hybridized carbons (Fsp3) is 0.474. The van der Waals surface area contributed by atoms with Gasteiger partial charge in [0.2, 0.25) is 0 Å². The molecule has 0 radical (unpaired) electrons. The summed E-state index contributed by atoms with van der Waals surface area (Å²) in [4.78, 5) is 15.2. The van der Waals surface area contributed by atoms with Crippen LogP contribution in [0.2, 0.25) is 0 Å². The van der Waals surface area contributed by atoms with E-state index in [1.54, 1.807) is 6.20 Å². The lowest BCUT2D eigenvalue weighted by atomic mass is 10.0. The molecule has 130 valence electrons. The summed E-state index contributed by atoms with van der Waals surface area (Å²) in [6.07, 6.45) is 5.72. The third-order valence-corrected chi connectivity index (χ3v) is 5.43. The van der Waals surface area contributed by atoms with Crippen LogP contribution in [0.4, 0.5) is 0 Å². The predicted molar refractivity (Wildman–Crippen MR) is 91.0 cm³/mol. The Bertz CT molecular complexity index is 829. The van der Waals surface area contributed by atoms with Crippen molar-refractivity contribution in [3.8, 4) is 11.5 Å². The number of amides is 1. The molecule has 1 saturated heterocycles. The van der Waals surface area contributed by atoms with Crippen molar-refractivity contribution in [2.45, 2.75) is 38.3 Å². The highest BCUT2D eigenvalue weighted by molar-refractivity contribution is 5.95. The van der Waals surface area contributed by atoms with E-state index in [-0.39, 0.29) is 11.9 Å². The summed E-state index contributed by atoms with van der Waals surface area (Å²) in [5.74, 6) is 1.69. The van der Waals surface area contributed by atoms with E-state index in [0.717, 1.165) is 67.1 Å². The number of ether oxygens (including phenoxy) is 2. The van der Waals surface area contributed by atoms with Gasteiger partial charge in [-0.15, -0.1) is 0 Å². The minimum absolute atomic E-state index is 0.0427. The molecular weight excluding hydrogens is 318 g/mol. The van der Waals surface area contributed by atoms with Gasteiger partial charge in [0, 0.05) is 18.7 Å². The van der Waals surface area contributed by atoms with E-state index in [0.29, 0.717) is 13.2 Å². The molecular formula is C19H21N3O3. The largest absolute Gasteiger partial charge is 0.486 e. The molecule has 3 aliphatic heterocycles. The molecule has 0 aliphatic carbocycles. The Morgan fingerprint density at radius 1 is 1.16 bits per heavy atom. The molecule has 1 fully saturated rings. The smallest absolute Gasteiger partial charge is 0.257 e. The highest BCUT2D eigenvalue weighted by Gasteiger charge is 2.35. The third kappa shape index (κ3) is 2.31. The molecule has 3 aliphatic rings. The van der Waals surface area contributed by atoms with Gasteiger partial charge >= 0.3 is 0 Å². The number of rotatable bonds is 2. The van der Waals surface area contributed by atoms with Crippen LogP contribution in [-0.2, 0) is 13.0 Å². The van der Waals surface area contributed by atoms with Crippen LogP contribution < -0.4 is 9.47 Å². The van der Waals surface area contributed by atoms with Crippen molar-refractivity contribution in [2.24, 2.45) is 0 Å². The van der Waals surface area contributed by atoms with Gasteiger partial charge < -0.3 is 14.4 Å². The molecule has 6 heteroatoms. The van der Waals surface area contributed by atoms with E-state index in [9.17, 15) is 4.79 Å². The topological polar surface area (TPSA) is 56.6 Å². The minimum Gasteiger partial charge on any atom is -0.486 e. The molecule has 1 unspecified atom stereocenters. The Kier molecular flexibility index (Phi) is 3.43. The van der Waals surface area contributed by atoms with Crippen molar-refractivity contribution in [3.63, 3.8) is 0 Å². The summed E-state index contributed by atoms with van der Waals surface area (Å²) in [6, 6.07) is 6.03. The highest BCUT2D eigenvalue weighted by atomic mass is 16.6. The number of para-hydroxylation sites is 1. The van der Waals surface area contributed by atoms with E-state index < -0.39 is 0 Å². The number of hydrogen-bond acceptors (Lipinski definition) is 4. The number of carbonyl (C=O) groups excluding carboxylic acids is 1. The van der Waals surface area contributed by atoms with E-state index >= 15 is 0 Å². The van der Waals surface area contributed by atoms with Crippen molar-refractivity contribution in [2.75, 3.05) is 19.8 Å². The van der Waals surface area contributed by atoms with E-state index in [2.05, 4.69) is 11.2 Å². The molecule has 1 aromatic heterocycles. The number of hydrogen-bond donors (Lipinski definition) is 0. The zero-order chi connectivity index (χ0) is 16.8. The van der Waals surface area contributed by atoms with Gasteiger partial charge in [0.05, 0.1) is 23.5 Å². The molecule has 5 rings (SSSR count). The van der Waals surface area contributed by atoms with Crippen LogP contribution in [-0.4, -0.2) is 40.3 Å². The lowest BCUT2D eigenvalue weighted by molar-refractivity contribution is 0.0730. The number of fused-ring (bicyclic) bond motifs is 2. The lowest BCUT2D eigenvalue weighted by Gasteiger charge is -2.29. The van der Waals surface area contributed by atoms with Crippen LogP contribution in [0.25, 0.3) is 0 Å². The second-order valence-electron chi connectivity index (χ2n) is 6.86. The van der Waals surface area contributed by atoms with Crippen LogP contribution >= 0.6 is 0 Å². The molecule has 6 nitrogen and oxygen atoms in total. The van der Waals surface area contributed by atoms with Crippen molar-refractivity contribution in [1.29, 1.82) is 0 Å². The van der Waals surface area contributed by atoms with E-state index in [1.807, 2.05) is 21.7 Å². The third-order valence-electron chi connectivity index (χ3n) is 5.43. The first kappa shape index (κ1) is 14.8. The number of benzene rings is 1. The Labute approximate surface area is 146 Å². The summed E-state index contributed by atoms with van der Waals surface area (Å²) >= 11 is 0. The molecule has 0 bridgehead atoms. The summed E-state index contributed by atoms with van der Waals surface area (Å²) in [5.41, 5.74) is 2.92. The number of aryl methyl sites for hydroxylation is 1. The van der Waals surface area contributed by atoms with E-state index in [1.165, 1.54) is 0 Å². The Morgan fingerprint density at radius 3 is 3.04 bits per heavy atom. The zero-order valence-corrected chi connectivity index (χ0v) is 14.1. The number of carbonyl (C=O) groups is 1. The first-order valence-electron chi connectivity index (χ1n) is 9.07. The monoisotopic (exact) mass is 339 g/mol. The van der Waals surface area contributed by atoms with Gasteiger partial charge in [-0.05, 0) is 31.7 Å². The molecule has 1 amide bonds. The normalized spacial score (nSPS) is 21.4. The Morgan fingerprint density at radius 2 is 2.08 bits per heavy atom.